The van der Waals surface area contributed by atoms with Crippen molar-refractivity contribution in [2.45, 2.75) is 6.42 Å². The Bertz CT molecular complexity index is 553. The Morgan fingerprint density at radius 2 is 2.22 bits per heavy atom. The predicted molar refractivity (Wildman–Crippen MR) is 62.2 cm³/mol. The van der Waals surface area contributed by atoms with Crippen LogP contribution in [0.2, 0.25) is 0 Å². The second-order valence-corrected chi connectivity index (χ2v) is 3.59. The fraction of sp³-hybridized carbons (Fsp3) is 0.300. The lowest BCUT2D eigenvalue weighted by molar-refractivity contribution is 0.0691. The molecule has 8 nitrogen and oxygen atoms in total. The molecule has 0 amide bonds. The van der Waals surface area contributed by atoms with E-state index in [2.05, 4.69) is 25.5 Å². The molecular weight excluding hydrogens is 236 g/mol. The van der Waals surface area contributed by atoms with Crippen LogP contribution in [0.25, 0.3) is 0 Å². The summed E-state index contributed by atoms with van der Waals surface area (Å²) in [5.74, 6) is -0.0420. The summed E-state index contributed by atoms with van der Waals surface area (Å²) in [6, 6.07) is 0. The molecule has 2 heterocycles. The van der Waals surface area contributed by atoms with Gasteiger partial charge in [0.15, 0.2) is 11.5 Å². The maximum atomic E-state index is 10.9. The lowest BCUT2D eigenvalue weighted by Gasteiger charge is -2.06. The Labute approximate surface area is 103 Å². The highest BCUT2D eigenvalue weighted by Gasteiger charge is 2.12. The fourth-order valence-electron chi connectivity index (χ4n) is 1.45. The monoisotopic (exact) mass is 248 g/mol. The Morgan fingerprint density at radius 3 is 2.89 bits per heavy atom. The first kappa shape index (κ1) is 12.0. The van der Waals surface area contributed by atoms with E-state index >= 15 is 0 Å². The van der Waals surface area contributed by atoms with Crippen molar-refractivity contribution in [3.05, 3.63) is 30.2 Å². The number of nitrogens with zero attached hydrogens (tertiary/aromatic N) is 5. The molecule has 94 valence electrons. The third kappa shape index (κ3) is 2.59. The van der Waals surface area contributed by atoms with Gasteiger partial charge in [0.25, 0.3) is 0 Å². The number of hydrogen-bond acceptors (Lipinski definition) is 6. The van der Waals surface area contributed by atoms with E-state index < -0.39 is 5.97 Å². The van der Waals surface area contributed by atoms with E-state index in [0.29, 0.717) is 13.0 Å². The second-order valence-electron chi connectivity index (χ2n) is 3.59. The third-order valence-electron chi connectivity index (χ3n) is 2.35. The minimum absolute atomic E-state index is 0.0875. The number of carbonyl (C=O) groups is 1. The molecule has 0 bridgehead atoms. The molecule has 0 saturated carbocycles. The topological polar surface area (TPSA) is 106 Å². The number of aromatic nitrogens is 5. The summed E-state index contributed by atoms with van der Waals surface area (Å²) in [6.45, 7) is 0.505. The number of nitrogens with one attached hydrogen (secondary N) is 1. The van der Waals surface area contributed by atoms with Gasteiger partial charge in [0, 0.05) is 32.4 Å². The zero-order valence-electron chi connectivity index (χ0n) is 9.74. The first-order valence-electron chi connectivity index (χ1n) is 5.29. The van der Waals surface area contributed by atoms with Crippen molar-refractivity contribution in [3.63, 3.8) is 0 Å². The smallest absolute Gasteiger partial charge is 0.358 e. The van der Waals surface area contributed by atoms with Crippen molar-refractivity contribution in [2.24, 2.45) is 7.05 Å². The summed E-state index contributed by atoms with van der Waals surface area (Å²) < 4.78 is 1.80. The lowest BCUT2D eigenvalue weighted by atomic mass is 10.3. The number of rotatable bonds is 5. The summed E-state index contributed by atoms with van der Waals surface area (Å²) >= 11 is 0. The van der Waals surface area contributed by atoms with Crippen LogP contribution < -0.4 is 5.32 Å². The van der Waals surface area contributed by atoms with E-state index in [4.69, 9.17) is 5.11 Å². The van der Waals surface area contributed by atoms with Gasteiger partial charge in [-0.25, -0.2) is 14.8 Å². The van der Waals surface area contributed by atoms with Gasteiger partial charge in [-0.15, -0.1) is 10.2 Å². The first-order valence-corrected chi connectivity index (χ1v) is 5.29. The standard InChI is InChI=1S/C10H12N6O2/c1-16-6-14-15-7(16)2-3-12-9-8(10(17)18)11-4-5-13-9/h4-6H,2-3H2,1H3,(H,12,13)(H,17,18). The van der Waals surface area contributed by atoms with Crippen LogP contribution in [-0.4, -0.2) is 42.4 Å². The molecule has 0 spiro atoms. The van der Waals surface area contributed by atoms with Crippen LogP contribution in [0.3, 0.4) is 0 Å². The molecule has 8 heteroatoms. The maximum Gasteiger partial charge on any atom is 0.358 e. The highest BCUT2D eigenvalue weighted by Crippen LogP contribution is 2.07. The second kappa shape index (κ2) is 5.21. The molecular formula is C10H12N6O2. The summed E-state index contributed by atoms with van der Waals surface area (Å²) in [5.41, 5.74) is -0.0875. The van der Waals surface area contributed by atoms with E-state index in [1.165, 1.54) is 12.4 Å². The first-order chi connectivity index (χ1) is 8.68. The average molecular weight is 248 g/mol. The van der Waals surface area contributed by atoms with Gasteiger partial charge in [0.2, 0.25) is 0 Å². The molecule has 0 aliphatic carbocycles. The van der Waals surface area contributed by atoms with Gasteiger partial charge >= 0.3 is 5.97 Å². The van der Waals surface area contributed by atoms with Crippen LogP contribution in [0.15, 0.2) is 18.7 Å². The van der Waals surface area contributed by atoms with Crippen LogP contribution in [0, 0.1) is 0 Å². The van der Waals surface area contributed by atoms with E-state index in [-0.39, 0.29) is 11.5 Å². The van der Waals surface area contributed by atoms with Crippen molar-refractivity contribution in [3.8, 4) is 0 Å². The molecule has 0 aromatic carbocycles. The van der Waals surface area contributed by atoms with Gasteiger partial charge in [0.05, 0.1) is 0 Å². The van der Waals surface area contributed by atoms with Crippen molar-refractivity contribution < 1.29 is 9.90 Å². The van der Waals surface area contributed by atoms with Crippen LogP contribution >= 0.6 is 0 Å². The Kier molecular flexibility index (Phi) is 3.46. The number of aryl methyl sites for hydroxylation is 1. The zero-order valence-corrected chi connectivity index (χ0v) is 9.74. The van der Waals surface area contributed by atoms with Crippen LogP contribution in [0.5, 0.6) is 0 Å². The van der Waals surface area contributed by atoms with E-state index in [9.17, 15) is 4.79 Å². The lowest BCUT2D eigenvalue weighted by Crippen LogP contribution is -2.13. The Balaban J connectivity index is 1.99. The summed E-state index contributed by atoms with van der Waals surface area (Å²) in [7, 11) is 1.85. The quantitative estimate of drug-likeness (QED) is 0.764. The van der Waals surface area contributed by atoms with Gasteiger partial charge in [-0.1, -0.05) is 0 Å². The Hall–Kier alpha value is -2.51. The molecule has 0 atom stereocenters. The predicted octanol–water partition coefficient (Wildman–Crippen LogP) is -0.0421. The van der Waals surface area contributed by atoms with Crippen LogP contribution in [0.1, 0.15) is 16.3 Å². The van der Waals surface area contributed by atoms with Crippen molar-refractivity contribution >= 4 is 11.8 Å². The van der Waals surface area contributed by atoms with Gasteiger partial charge in [-0.3, -0.25) is 0 Å². The van der Waals surface area contributed by atoms with Crippen molar-refractivity contribution in [1.29, 1.82) is 0 Å². The molecule has 0 unspecified atom stereocenters. The van der Waals surface area contributed by atoms with Crippen LogP contribution in [0.4, 0.5) is 5.82 Å². The summed E-state index contributed by atoms with van der Waals surface area (Å²) in [6.07, 6.45) is 5.01. The van der Waals surface area contributed by atoms with Gasteiger partial charge in [-0.05, 0) is 0 Å². The van der Waals surface area contributed by atoms with Crippen molar-refractivity contribution in [2.75, 3.05) is 11.9 Å². The van der Waals surface area contributed by atoms with Crippen LogP contribution in [-0.2, 0) is 13.5 Å². The molecule has 2 aromatic heterocycles. The molecule has 18 heavy (non-hydrogen) atoms. The van der Waals surface area contributed by atoms with Gasteiger partial charge in [0.1, 0.15) is 12.2 Å². The minimum atomic E-state index is -1.11. The molecule has 0 fully saturated rings. The Morgan fingerprint density at radius 1 is 1.44 bits per heavy atom. The summed E-state index contributed by atoms with van der Waals surface area (Å²) in [5, 5.41) is 19.5. The van der Waals surface area contributed by atoms with E-state index in [1.807, 2.05) is 7.05 Å². The van der Waals surface area contributed by atoms with E-state index in [0.717, 1.165) is 5.82 Å². The number of carboxylic acids is 1. The molecule has 2 N–H and O–H groups in total. The van der Waals surface area contributed by atoms with Crippen molar-refractivity contribution in [1.82, 2.24) is 24.7 Å². The normalized spacial score (nSPS) is 10.3. The SMILES string of the molecule is Cn1cnnc1CCNc1nccnc1C(=O)O. The van der Waals surface area contributed by atoms with Gasteiger partial charge < -0.3 is 15.0 Å². The molecule has 2 rings (SSSR count). The fourth-order valence-corrected chi connectivity index (χ4v) is 1.45. The summed E-state index contributed by atoms with van der Waals surface area (Å²) in [4.78, 5) is 18.6. The van der Waals surface area contributed by atoms with Gasteiger partial charge in [-0.2, -0.15) is 0 Å². The zero-order chi connectivity index (χ0) is 13.0. The molecule has 0 radical (unpaired) electrons. The molecule has 0 aliphatic heterocycles. The largest absolute Gasteiger partial charge is 0.476 e. The minimum Gasteiger partial charge on any atom is -0.476 e. The maximum absolute atomic E-state index is 10.9. The molecule has 0 saturated heterocycles. The molecule has 2 aromatic rings. The number of anilines is 1. The number of carboxylic acid groups (broad SMARTS) is 1. The highest BCUT2D eigenvalue weighted by atomic mass is 16.4. The van der Waals surface area contributed by atoms with E-state index in [1.54, 1.807) is 10.9 Å². The average Bonchev–Trinajstić information content (AvgIpc) is 2.76. The third-order valence-corrected chi connectivity index (χ3v) is 2.35. The highest BCUT2D eigenvalue weighted by molar-refractivity contribution is 5.90. The number of aromatic carboxylic acids is 1. The number of hydrogen-bond donors (Lipinski definition) is 2. The molecule has 0 aliphatic rings.